The van der Waals surface area contributed by atoms with E-state index in [1.807, 2.05) is 72.8 Å². The first-order valence-corrected chi connectivity index (χ1v) is 10.8. The zero-order valence-electron chi connectivity index (χ0n) is 18.2. The number of rotatable bonds is 7. The first kappa shape index (κ1) is 22.0. The minimum absolute atomic E-state index is 0.393. The summed E-state index contributed by atoms with van der Waals surface area (Å²) in [4.78, 5) is 12.5. The summed E-state index contributed by atoms with van der Waals surface area (Å²) in [7, 11) is 0. The molecular weight excluding hydrogens is 406 g/mol. The van der Waals surface area contributed by atoms with Gasteiger partial charge >= 0.3 is 5.97 Å². The van der Waals surface area contributed by atoms with Crippen molar-refractivity contribution < 1.29 is 9.53 Å². The molecule has 0 bridgehead atoms. The van der Waals surface area contributed by atoms with Crippen LogP contribution in [-0.2, 0) is 6.54 Å². The minimum atomic E-state index is -0.393. The Kier molecular flexibility index (Phi) is 7.26. The molecule has 4 rings (SSSR count). The highest BCUT2D eigenvalue weighted by molar-refractivity contribution is 5.92. The number of hydrogen-bond acceptors (Lipinski definition) is 3. The molecule has 0 saturated carbocycles. The second-order valence-corrected chi connectivity index (χ2v) is 7.57. The van der Waals surface area contributed by atoms with E-state index >= 15 is 0 Å². The highest BCUT2D eigenvalue weighted by atomic mass is 16.5. The van der Waals surface area contributed by atoms with Gasteiger partial charge in [-0.2, -0.15) is 0 Å². The average Bonchev–Trinajstić information content (AvgIpc) is 2.88. The summed E-state index contributed by atoms with van der Waals surface area (Å²) in [5, 5.41) is 0. The van der Waals surface area contributed by atoms with E-state index in [1.165, 1.54) is 0 Å². The normalized spacial score (nSPS) is 11.5. The summed E-state index contributed by atoms with van der Waals surface area (Å²) in [6.07, 6.45) is 6.33. The summed E-state index contributed by atoms with van der Waals surface area (Å²) < 4.78 is 5.55. The Morgan fingerprint density at radius 3 is 1.88 bits per heavy atom. The third-order valence-electron chi connectivity index (χ3n) is 5.20. The van der Waals surface area contributed by atoms with Crippen molar-refractivity contribution in [2.24, 2.45) is 5.73 Å². The van der Waals surface area contributed by atoms with Crippen LogP contribution in [0.1, 0.15) is 32.6 Å². The van der Waals surface area contributed by atoms with Crippen molar-refractivity contribution in [3.05, 3.63) is 143 Å². The molecule has 33 heavy (non-hydrogen) atoms. The molecule has 3 heteroatoms. The Bertz CT molecular complexity index is 1240. The van der Waals surface area contributed by atoms with Crippen molar-refractivity contribution in [2.45, 2.75) is 6.54 Å². The summed E-state index contributed by atoms with van der Waals surface area (Å²) in [5.74, 6) is 0.105. The Morgan fingerprint density at radius 2 is 1.27 bits per heavy atom. The van der Waals surface area contributed by atoms with Crippen molar-refractivity contribution in [2.75, 3.05) is 0 Å². The number of allylic oxidation sites excluding steroid dienone is 2. The predicted molar refractivity (Wildman–Crippen MR) is 136 cm³/mol. The highest BCUT2D eigenvalue weighted by Crippen LogP contribution is 2.24. The summed E-state index contributed by atoms with van der Waals surface area (Å²) in [6, 6.07) is 35.1. The van der Waals surface area contributed by atoms with Gasteiger partial charge in [0.2, 0.25) is 0 Å². The second kappa shape index (κ2) is 10.9. The van der Waals surface area contributed by atoms with Gasteiger partial charge in [-0.1, -0.05) is 97.1 Å². The lowest BCUT2D eigenvalue weighted by Crippen LogP contribution is -2.08. The van der Waals surface area contributed by atoms with E-state index in [9.17, 15) is 4.79 Å². The molecule has 0 amide bonds. The van der Waals surface area contributed by atoms with Gasteiger partial charge < -0.3 is 10.5 Å². The number of ether oxygens (including phenoxy) is 1. The molecule has 0 heterocycles. The van der Waals surface area contributed by atoms with Crippen LogP contribution < -0.4 is 10.5 Å². The standard InChI is InChI=1S/C30H25NO2/c31-22-25-12-14-27(15-13-25)30(32)33-29-19-17-26(18-20-29)28(21-24-9-5-2-6-10-24)16-11-23-7-3-1-4-8-23/h1-21H,22,31H2. The Balaban J connectivity index is 1.55. The third-order valence-corrected chi connectivity index (χ3v) is 5.20. The van der Waals surface area contributed by atoms with Crippen molar-refractivity contribution in [3.63, 3.8) is 0 Å². The van der Waals surface area contributed by atoms with Gasteiger partial charge in [0.15, 0.2) is 0 Å². The Labute approximate surface area is 194 Å². The molecule has 162 valence electrons. The van der Waals surface area contributed by atoms with E-state index < -0.39 is 5.97 Å². The van der Waals surface area contributed by atoms with E-state index in [-0.39, 0.29) is 0 Å². The average molecular weight is 432 g/mol. The summed E-state index contributed by atoms with van der Waals surface area (Å²) in [6.45, 7) is 0.439. The van der Waals surface area contributed by atoms with Gasteiger partial charge in [0, 0.05) is 6.54 Å². The van der Waals surface area contributed by atoms with Crippen molar-refractivity contribution in [1.29, 1.82) is 0 Å². The van der Waals surface area contributed by atoms with Gasteiger partial charge in [0.05, 0.1) is 5.56 Å². The number of hydrogen-bond donors (Lipinski definition) is 1. The molecule has 0 aromatic heterocycles. The van der Waals surface area contributed by atoms with Crippen LogP contribution in [0.15, 0.2) is 115 Å². The van der Waals surface area contributed by atoms with Crippen LogP contribution in [0.4, 0.5) is 0 Å². The smallest absolute Gasteiger partial charge is 0.343 e. The number of carbonyl (C=O) groups is 1. The zero-order valence-corrected chi connectivity index (χ0v) is 18.2. The topological polar surface area (TPSA) is 52.3 Å². The van der Waals surface area contributed by atoms with Crippen LogP contribution >= 0.6 is 0 Å². The third kappa shape index (κ3) is 6.16. The molecule has 3 nitrogen and oxygen atoms in total. The Hall–Kier alpha value is -4.21. The molecule has 0 aliphatic heterocycles. The van der Waals surface area contributed by atoms with Gasteiger partial charge in [-0.15, -0.1) is 0 Å². The lowest BCUT2D eigenvalue weighted by molar-refractivity contribution is 0.0734. The minimum Gasteiger partial charge on any atom is -0.423 e. The monoisotopic (exact) mass is 431 g/mol. The van der Waals surface area contributed by atoms with Gasteiger partial charge in [0.25, 0.3) is 0 Å². The van der Waals surface area contributed by atoms with Crippen LogP contribution in [0.5, 0.6) is 5.75 Å². The fraction of sp³-hybridized carbons (Fsp3) is 0.0333. The second-order valence-electron chi connectivity index (χ2n) is 7.57. The van der Waals surface area contributed by atoms with Crippen molar-refractivity contribution in [1.82, 2.24) is 0 Å². The lowest BCUT2D eigenvalue weighted by atomic mass is 10.0. The maximum absolute atomic E-state index is 12.5. The Morgan fingerprint density at radius 1 is 0.697 bits per heavy atom. The molecular formula is C30H25NO2. The molecule has 0 spiro atoms. The maximum Gasteiger partial charge on any atom is 0.343 e. The highest BCUT2D eigenvalue weighted by Gasteiger charge is 2.09. The molecule has 4 aromatic carbocycles. The van der Waals surface area contributed by atoms with Crippen LogP contribution in [0.3, 0.4) is 0 Å². The quantitative estimate of drug-likeness (QED) is 0.155. The summed E-state index contributed by atoms with van der Waals surface area (Å²) in [5.41, 5.74) is 11.4. The predicted octanol–water partition coefficient (Wildman–Crippen LogP) is 6.62. The molecule has 0 radical (unpaired) electrons. The van der Waals surface area contributed by atoms with E-state index in [4.69, 9.17) is 10.5 Å². The van der Waals surface area contributed by atoms with Crippen molar-refractivity contribution in [3.8, 4) is 5.75 Å². The van der Waals surface area contributed by atoms with Crippen molar-refractivity contribution >= 4 is 23.7 Å². The fourth-order valence-corrected chi connectivity index (χ4v) is 3.36. The number of carbonyl (C=O) groups excluding carboxylic acids is 1. The molecule has 0 atom stereocenters. The van der Waals surface area contributed by atoms with Gasteiger partial charge in [0.1, 0.15) is 5.75 Å². The number of nitrogens with two attached hydrogens (primary N) is 1. The number of esters is 1. The van der Waals surface area contributed by atoms with E-state index in [0.717, 1.165) is 27.8 Å². The molecule has 0 aliphatic rings. The summed E-state index contributed by atoms with van der Waals surface area (Å²) >= 11 is 0. The molecule has 0 saturated heterocycles. The van der Waals surface area contributed by atoms with Crippen LogP contribution in [0.25, 0.3) is 17.7 Å². The van der Waals surface area contributed by atoms with Crippen LogP contribution in [-0.4, -0.2) is 5.97 Å². The first-order valence-electron chi connectivity index (χ1n) is 10.8. The van der Waals surface area contributed by atoms with Gasteiger partial charge in [-0.25, -0.2) is 4.79 Å². The first-order chi connectivity index (χ1) is 16.2. The fourth-order valence-electron chi connectivity index (χ4n) is 3.36. The van der Waals surface area contributed by atoms with E-state index in [0.29, 0.717) is 17.9 Å². The molecule has 4 aromatic rings. The zero-order chi connectivity index (χ0) is 22.9. The largest absolute Gasteiger partial charge is 0.423 e. The lowest BCUT2D eigenvalue weighted by Gasteiger charge is -2.08. The van der Waals surface area contributed by atoms with E-state index in [2.05, 4.69) is 42.5 Å². The maximum atomic E-state index is 12.5. The van der Waals surface area contributed by atoms with Gasteiger partial charge in [-0.3, -0.25) is 0 Å². The molecule has 0 unspecified atom stereocenters. The SMILES string of the molecule is NCc1ccc(C(=O)Oc2ccc(C(C=Cc3ccccc3)=Cc3ccccc3)cc2)cc1. The van der Waals surface area contributed by atoms with Crippen LogP contribution in [0, 0.1) is 0 Å². The molecule has 0 fully saturated rings. The van der Waals surface area contributed by atoms with Crippen LogP contribution in [0.2, 0.25) is 0 Å². The number of benzene rings is 4. The molecule has 2 N–H and O–H groups in total. The van der Waals surface area contributed by atoms with Gasteiger partial charge in [-0.05, 0) is 58.2 Å². The molecule has 0 aliphatic carbocycles. The van der Waals surface area contributed by atoms with E-state index in [1.54, 1.807) is 12.1 Å².